The van der Waals surface area contributed by atoms with Crippen LogP contribution in [0.25, 0.3) is 11.3 Å². The summed E-state index contributed by atoms with van der Waals surface area (Å²) >= 11 is 0. The predicted octanol–water partition coefficient (Wildman–Crippen LogP) is 4.36. The molecule has 2 aliphatic rings. The van der Waals surface area contributed by atoms with E-state index in [-0.39, 0.29) is 23.2 Å². The van der Waals surface area contributed by atoms with Crippen molar-refractivity contribution in [2.45, 2.75) is 32.1 Å². The molecule has 0 spiro atoms. The summed E-state index contributed by atoms with van der Waals surface area (Å²) < 4.78 is 0. The number of allylic oxidation sites excluding steroid dienone is 2. The normalized spacial score (nSPS) is 24.5. The summed E-state index contributed by atoms with van der Waals surface area (Å²) in [5.74, 6) is 0.389. The molecule has 0 amide bonds. The lowest BCUT2D eigenvalue weighted by Crippen LogP contribution is -2.48. The molecule has 0 unspecified atom stereocenters. The zero-order chi connectivity index (χ0) is 21.6. The average molecular weight is 406 g/mol. The number of Topliss-reactive ketones (excluding diaryl/α,β-unsaturated/α-hetero) is 1. The van der Waals surface area contributed by atoms with Crippen molar-refractivity contribution in [1.29, 1.82) is 5.26 Å². The fourth-order valence-corrected chi connectivity index (χ4v) is 5.41. The summed E-state index contributed by atoms with van der Waals surface area (Å²) in [6.45, 7) is 3.86. The molecule has 0 aliphatic heterocycles. The SMILES string of the molecule is Cc1nc(-c2ccncc2)c2c(n1)[C@@]1(c3ccccc3)C=C(C#N)C(=O)[C@@H](C)[C@@H]1CC2. The third-order valence-corrected chi connectivity index (χ3v) is 6.78. The van der Waals surface area contributed by atoms with Crippen LogP contribution in [-0.4, -0.2) is 20.7 Å². The number of nitrogens with zero attached hydrogens (tertiary/aromatic N) is 4. The second kappa shape index (κ2) is 7.24. The second-order valence-corrected chi connectivity index (χ2v) is 8.39. The number of carbonyl (C=O) groups excluding carboxylic acids is 1. The number of rotatable bonds is 2. The van der Waals surface area contributed by atoms with Crippen LogP contribution < -0.4 is 0 Å². The van der Waals surface area contributed by atoms with Crippen molar-refractivity contribution in [2.75, 3.05) is 0 Å². The molecule has 2 heterocycles. The van der Waals surface area contributed by atoms with Gasteiger partial charge in [0.15, 0.2) is 5.78 Å². The second-order valence-electron chi connectivity index (χ2n) is 8.39. The van der Waals surface area contributed by atoms with Crippen LogP contribution in [0.2, 0.25) is 0 Å². The maximum absolute atomic E-state index is 12.9. The van der Waals surface area contributed by atoms with Gasteiger partial charge >= 0.3 is 0 Å². The number of aryl methyl sites for hydroxylation is 1. The molecule has 2 aromatic heterocycles. The average Bonchev–Trinajstić information content (AvgIpc) is 2.81. The Balaban J connectivity index is 1.88. The smallest absolute Gasteiger partial charge is 0.176 e. The number of fused-ring (bicyclic) bond motifs is 3. The van der Waals surface area contributed by atoms with Crippen LogP contribution in [0.3, 0.4) is 0 Å². The molecular weight excluding hydrogens is 384 g/mol. The van der Waals surface area contributed by atoms with Gasteiger partial charge in [-0.05, 0) is 49.5 Å². The molecule has 0 saturated carbocycles. The summed E-state index contributed by atoms with van der Waals surface area (Å²) in [6.07, 6.45) is 7.05. The summed E-state index contributed by atoms with van der Waals surface area (Å²) in [5, 5.41) is 9.79. The number of carbonyl (C=O) groups is 1. The number of hydrogen-bond acceptors (Lipinski definition) is 5. The first kappa shape index (κ1) is 19.3. The minimum atomic E-state index is -0.636. The van der Waals surface area contributed by atoms with Crippen molar-refractivity contribution in [3.8, 4) is 17.3 Å². The Hall–Kier alpha value is -3.65. The van der Waals surface area contributed by atoms with Gasteiger partial charge in [-0.25, -0.2) is 9.97 Å². The van der Waals surface area contributed by atoms with Crippen molar-refractivity contribution in [3.63, 3.8) is 0 Å². The lowest BCUT2D eigenvalue weighted by molar-refractivity contribution is -0.121. The van der Waals surface area contributed by atoms with Crippen LogP contribution in [0.1, 0.15) is 36.0 Å². The Labute approximate surface area is 181 Å². The van der Waals surface area contributed by atoms with Gasteiger partial charge in [0.2, 0.25) is 0 Å². The quantitative estimate of drug-likeness (QED) is 0.632. The van der Waals surface area contributed by atoms with E-state index in [0.29, 0.717) is 5.82 Å². The van der Waals surface area contributed by atoms with Crippen LogP contribution in [0.4, 0.5) is 0 Å². The Morgan fingerprint density at radius 2 is 1.84 bits per heavy atom. The fourth-order valence-electron chi connectivity index (χ4n) is 5.41. The van der Waals surface area contributed by atoms with Crippen LogP contribution >= 0.6 is 0 Å². The first-order valence-electron chi connectivity index (χ1n) is 10.6. The van der Waals surface area contributed by atoms with Crippen molar-refractivity contribution in [2.24, 2.45) is 11.8 Å². The fraction of sp³-hybridized carbons (Fsp3) is 0.269. The number of hydrogen-bond donors (Lipinski definition) is 0. The molecule has 5 rings (SSSR count). The van der Waals surface area contributed by atoms with E-state index in [9.17, 15) is 10.1 Å². The predicted molar refractivity (Wildman–Crippen MR) is 117 cm³/mol. The first-order chi connectivity index (χ1) is 15.1. The van der Waals surface area contributed by atoms with Crippen molar-refractivity contribution in [1.82, 2.24) is 15.0 Å². The standard InChI is InChI=1S/C26H22N4O/c1-16-22-9-8-21-23(18-10-12-28-13-11-18)29-17(2)30-25(21)26(22,14-19(15-27)24(16)31)20-6-4-3-5-7-20/h3-7,10-14,16,22H,8-9H2,1-2H3/t16-,22-,26+/m0/s1. The molecule has 5 heteroatoms. The van der Waals surface area contributed by atoms with E-state index in [1.165, 1.54) is 0 Å². The van der Waals surface area contributed by atoms with Gasteiger partial charge in [0, 0.05) is 29.4 Å². The lowest BCUT2D eigenvalue weighted by atomic mass is 9.54. The van der Waals surface area contributed by atoms with Crippen LogP contribution in [0.5, 0.6) is 0 Å². The van der Waals surface area contributed by atoms with Gasteiger partial charge in [-0.1, -0.05) is 37.3 Å². The molecule has 2 aliphatic carbocycles. The van der Waals surface area contributed by atoms with E-state index in [0.717, 1.165) is 40.9 Å². The van der Waals surface area contributed by atoms with E-state index in [2.05, 4.69) is 23.2 Å². The molecule has 0 radical (unpaired) electrons. The summed E-state index contributed by atoms with van der Waals surface area (Å²) in [5.41, 5.74) is 4.57. The van der Waals surface area contributed by atoms with Crippen molar-refractivity contribution in [3.05, 3.63) is 89.2 Å². The first-order valence-corrected chi connectivity index (χ1v) is 10.6. The molecular formula is C26H22N4O. The molecule has 152 valence electrons. The molecule has 0 fully saturated rings. The molecule has 5 nitrogen and oxygen atoms in total. The summed E-state index contributed by atoms with van der Waals surface area (Å²) in [6, 6.07) is 16.3. The minimum Gasteiger partial charge on any atom is -0.293 e. The van der Waals surface area contributed by atoms with Gasteiger partial charge in [0.25, 0.3) is 0 Å². The number of aromatic nitrogens is 3. The summed E-state index contributed by atoms with van der Waals surface area (Å²) in [7, 11) is 0. The molecule has 1 aromatic carbocycles. The zero-order valence-electron chi connectivity index (χ0n) is 17.5. The van der Waals surface area contributed by atoms with E-state index < -0.39 is 5.41 Å². The number of pyridine rings is 1. The maximum atomic E-state index is 12.9. The van der Waals surface area contributed by atoms with Gasteiger partial charge in [0.05, 0.1) is 22.4 Å². The third-order valence-electron chi connectivity index (χ3n) is 6.78. The van der Waals surface area contributed by atoms with E-state index >= 15 is 0 Å². The van der Waals surface area contributed by atoms with Gasteiger partial charge in [0.1, 0.15) is 11.9 Å². The molecule has 0 bridgehead atoms. The highest BCUT2D eigenvalue weighted by Crippen LogP contribution is 2.54. The Bertz CT molecular complexity index is 1240. The van der Waals surface area contributed by atoms with Gasteiger partial charge in [-0.2, -0.15) is 5.26 Å². The van der Waals surface area contributed by atoms with Crippen LogP contribution in [0.15, 0.2) is 66.5 Å². The zero-order valence-corrected chi connectivity index (χ0v) is 17.5. The van der Waals surface area contributed by atoms with Gasteiger partial charge < -0.3 is 0 Å². The molecule has 3 aromatic rings. The monoisotopic (exact) mass is 406 g/mol. The molecule has 0 N–H and O–H groups in total. The Morgan fingerprint density at radius 1 is 1.10 bits per heavy atom. The minimum absolute atomic E-state index is 0.0339. The topological polar surface area (TPSA) is 79.5 Å². The molecule has 0 saturated heterocycles. The van der Waals surface area contributed by atoms with E-state index in [1.807, 2.05) is 50.3 Å². The number of ketones is 1. The maximum Gasteiger partial charge on any atom is 0.176 e. The number of benzene rings is 1. The Kier molecular flexibility index (Phi) is 4.51. The van der Waals surface area contributed by atoms with Gasteiger partial charge in [-0.3, -0.25) is 9.78 Å². The van der Waals surface area contributed by atoms with E-state index in [4.69, 9.17) is 9.97 Å². The van der Waals surface area contributed by atoms with Gasteiger partial charge in [-0.15, -0.1) is 0 Å². The van der Waals surface area contributed by atoms with E-state index in [1.54, 1.807) is 12.4 Å². The van der Waals surface area contributed by atoms with Crippen molar-refractivity contribution >= 4 is 5.78 Å². The summed E-state index contributed by atoms with van der Waals surface area (Å²) in [4.78, 5) is 26.8. The Morgan fingerprint density at radius 3 is 2.55 bits per heavy atom. The highest BCUT2D eigenvalue weighted by Gasteiger charge is 2.53. The van der Waals surface area contributed by atoms with Crippen molar-refractivity contribution < 1.29 is 4.79 Å². The highest BCUT2D eigenvalue weighted by atomic mass is 16.1. The number of nitriles is 1. The third kappa shape index (κ3) is 2.83. The lowest BCUT2D eigenvalue weighted by Gasteiger charge is -2.48. The van der Waals surface area contributed by atoms with Crippen LogP contribution in [-0.2, 0) is 16.6 Å². The highest BCUT2D eigenvalue weighted by molar-refractivity contribution is 6.02. The molecule has 31 heavy (non-hydrogen) atoms. The van der Waals surface area contributed by atoms with Crippen LogP contribution in [0, 0.1) is 30.1 Å². The largest absolute Gasteiger partial charge is 0.293 e. The molecule has 3 atom stereocenters.